The maximum absolute atomic E-state index is 11.9. The smallest absolute Gasteiger partial charge is 0.370 e. The average Bonchev–Trinajstić information content (AvgIpc) is 3.07. The summed E-state index contributed by atoms with van der Waals surface area (Å²) in [6, 6.07) is 17.9. The molecule has 0 aromatic heterocycles. The van der Waals surface area contributed by atoms with Crippen LogP contribution in [0.4, 0.5) is 0 Å². The summed E-state index contributed by atoms with van der Waals surface area (Å²) in [5, 5.41) is 2.98. The Kier molecular flexibility index (Phi) is 5.23. The highest BCUT2D eigenvalue weighted by Gasteiger charge is 2.32. The third-order valence-electron chi connectivity index (χ3n) is 5.24. The molecule has 6 nitrogen and oxygen atoms in total. The molecular formula is C24H21NO5. The van der Waals surface area contributed by atoms with Crippen molar-refractivity contribution in [2.24, 2.45) is 0 Å². The molecule has 3 aromatic rings. The van der Waals surface area contributed by atoms with Crippen molar-refractivity contribution in [1.82, 2.24) is 5.06 Å². The molecular weight excluding hydrogens is 382 g/mol. The Balaban J connectivity index is 1.45. The largest absolute Gasteiger partial charge is 0.482 e. The van der Waals surface area contributed by atoms with Gasteiger partial charge in [-0.05, 0) is 59.0 Å². The molecule has 4 rings (SSSR count). The minimum atomic E-state index is -0.802. The molecule has 2 amide bonds. The van der Waals surface area contributed by atoms with Crippen LogP contribution in [-0.4, -0.2) is 29.5 Å². The van der Waals surface area contributed by atoms with Crippen molar-refractivity contribution in [2.45, 2.75) is 26.7 Å². The highest BCUT2D eigenvalue weighted by molar-refractivity contribution is 6.01. The number of carbonyl (C=O) groups excluding carboxylic acids is 3. The van der Waals surface area contributed by atoms with E-state index in [-0.39, 0.29) is 12.8 Å². The predicted molar refractivity (Wildman–Crippen MR) is 112 cm³/mol. The number of amides is 2. The van der Waals surface area contributed by atoms with Crippen LogP contribution in [0.25, 0.3) is 21.9 Å². The molecule has 0 unspecified atom stereocenters. The molecule has 1 fully saturated rings. The Labute approximate surface area is 174 Å². The van der Waals surface area contributed by atoms with E-state index in [2.05, 4.69) is 32.0 Å². The molecule has 1 aliphatic rings. The van der Waals surface area contributed by atoms with Gasteiger partial charge in [0.1, 0.15) is 5.75 Å². The van der Waals surface area contributed by atoms with Crippen LogP contribution >= 0.6 is 0 Å². The molecule has 0 bridgehead atoms. The lowest BCUT2D eigenvalue weighted by Crippen LogP contribution is -2.33. The van der Waals surface area contributed by atoms with Gasteiger partial charge in [0.2, 0.25) is 0 Å². The number of ether oxygens (including phenoxy) is 1. The van der Waals surface area contributed by atoms with E-state index < -0.39 is 24.4 Å². The van der Waals surface area contributed by atoms with Crippen LogP contribution in [0.3, 0.4) is 0 Å². The maximum atomic E-state index is 11.9. The van der Waals surface area contributed by atoms with Crippen LogP contribution in [-0.2, 0) is 19.2 Å². The first-order valence-corrected chi connectivity index (χ1v) is 9.73. The topological polar surface area (TPSA) is 72.9 Å². The Morgan fingerprint density at radius 2 is 1.57 bits per heavy atom. The number of carbonyl (C=O) groups is 3. The molecule has 0 radical (unpaired) electrons. The second-order valence-electron chi connectivity index (χ2n) is 7.27. The van der Waals surface area contributed by atoms with Crippen LogP contribution < -0.4 is 4.74 Å². The first-order chi connectivity index (χ1) is 14.4. The van der Waals surface area contributed by atoms with Crippen molar-refractivity contribution < 1.29 is 24.0 Å². The van der Waals surface area contributed by atoms with E-state index in [4.69, 9.17) is 9.57 Å². The van der Waals surface area contributed by atoms with Gasteiger partial charge in [0.15, 0.2) is 6.61 Å². The van der Waals surface area contributed by atoms with Gasteiger partial charge >= 0.3 is 5.97 Å². The van der Waals surface area contributed by atoms with Gasteiger partial charge in [-0.1, -0.05) is 42.5 Å². The van der Waals surface area contributed by atoms with Crippen molar-refractivity contribution in [2.75, 3.05) is 6.61 Å². The predicted octanol–water partition coefficient (Wildman–Crippen LogP) is 4.11. The standard InChI is InChI=1S/C24H21NO5/c1-15-13-21(16(2)20-6-4-3-5-19(15)20)17-7-9-18(10-8-17)29-14-24(28)30-25-22(26)11-12-23(25)27/h3-10,13H,11-12,14H2,1-2H3. The lowest BCUT2D eigenvalue weighted by atomic mass is 9.92. The molecule has 0 spiro atoms. The fraction of sp³-hybridized carbons (Fsp3) is 0.208. The van der Waals surface area contributed by atoms with Crippen LogP contribution in [0.5, 0.6) is 5.75 Å². The first-order valence-electron chi connectivity index (χ1n) is 9.73. The lowest BCUT2D eigenvalue weighted by molar-refractivity contribution is -0.198. The van der Waals surface area contributed by atoms with Crippen molar-refractivity contribution >= 4 is 28.6 Å². The van der Waals surface area contributed by atoms with Crippen LogP contribution in [0.1, 0.15) is 24.0 Å². The van der Waals surface area contributed by atoms with Gasteiger partial charge in [-0.25, -0.2) is 4.79 Å². The second-order valence-corrected chi connectivity index (χ2v) is 7.27. The van der Waals surface area contributed by atoms with Gasteiger partial charge in [0.25, 0.3) is 11.8 Å². The summed E-state index contributed by atoms with van der Waals surface area (Å²) in [6.45, 7) is 3.81. The minimum absolute atomic E-state index is 0.0576. The van der Waals surface area contributed by atoms with Gasteiger partial charge < -0.3 is 9.57 Å². The zero-order valence-electron chi connectivity index (χ0n) is 16.8. The number of hydrogen-bond acceptors (Lipinski definition) is 5. The molecule has 152 valence electrons. The highest BCUT2D eigenvalue weighted by atomic mass is 16.7. The number of rotatable bonds is 5. The molecule has 30 heavy (non-hydrogen) atoms. The van der Waals surface area contributed by atoms with Gasteiger partial charge in [-0.15, -0.1) is 5.06 Å². The molecule has 1 saturated heterocycles. The van der Waals surface area contributed by atoms with Gasteiger partial charge in [-0.2, -0.15) is 0 Å². The second kappa shape index (κ2) is 7.99. The number of imide groups is 1. The molecule has 6 heteroatoms. The van der Waals surface area contributed by atoms with Crippen molar-refractivity contribution in [3.05, 3.63) is 65.7 Å². The summed E-state index contributed by atoms with van der Waals surface area (Å²) < 4.78 is 5.44. The molecule has 1 heterocycles. The van der Waals surface area contributed by atoms with E-state index in [0.29, 0.717) is 10.8 Å². The highest BCUT2D eigenvalue weighted by Crippen LogP contribution is 2.33. The van der Waals surface area contributed by atoms with E-state index in [1.54, 1.807) is 12.1 Å². The summed E-state index contributed by atoms with van der Waals surface area (Å²) in [6.07, 6.45) is 0.115. The van der Waals surface area contributed by atoms with Crippen LogP contribution in [0.15, 0.2) is 54.6 Å². The van der Waals surface area contributed by atoms with Crippen LogP contribution in [0, 0.1) is 13.8 Å². The lowest BCUT2D eigenvalue weighted by Gasteiger charge is -2.14. The first kappa shape index (κ1) is 19.6. The van der Waals surface area contributed by atoms with Crippen LogP contribution in [0.2, 0.25) is 0 Å². The van der Waals surface area contributed by atoms with E-state index in [9.17, 15) is 14.4 Å². The fourth-order valence-corrected chi connectivity index (χ4v) is 3.66. The summed E-state index contributed by atoms with van der Waals surface area (Å²) >= 11 is 0. The summed E-state index contributed by atoms with van der Waals surface area (Å²) in [5.74, 6) is -1.34. The molecule has 0 aliphatic carbocycles. The number of hydroxylamine groups is 2. The molecule has 3 aromatic carbocycles. The molecule has 0 N–H and O–H groups in total. The molecule has 0 saturated carbocycles. The van der Waals surface area contributed by atoms with Crippen molar-refractivity contribution in [3.8, 4) is 16.9 Å². The number of hydrogen-bond donors (Lipinski definition) is 0. The zero-order valence-corrected chi connectivity index (χ0v) is 16.8. The summed E-state index contributed by atoms with van der Waals surface area (Å²) in [4.78, 5) is 39.6. The molecule has 1 aliphatic heterocycles. The third kappa shape index (κ3) is 3.76. The number of fused-ring (bicyclic) bond motifs is 1. The van der Waals surface area contributed by atoms with Gasteiger partial charge in [0, 0.05) is 12.8 Å². The van der Waals surface area contributed by atoms with Crippen molar-refractivity contribution in [3.63, 3.8) is 0 Å². The maximum Gasteiger partial charge on any atom is 0.370 e. The molecule has 0 atom stereocenters. The number of nitrogens with zero attached hydrogens (tertiary/aromatic N) is 1. The number of benzene rings is 3. The number of aryl methyl sites for hydroxylation is 2. The van der Waals surface area contributed by atoms with Gasteiger partial charge in [0.05, 0.1) is 0 Å². The Bertz CT molecular complexity index is 1130. The van der Waals surface area contributed by atoms with E-state index in [1.165, 1.54) is 21.9 Å². The summed E-state index contributed by atoms with van der Waals surface area (Å²) in [5.41, 5.74) is 4.60. The van der Waals surface area contributed by atoms with E-state index in [1.807, 2.05) is 24.3 Å². The minimum Gasteiger partial charge on any atom is -0.482 e. The third-order valence-corrected chi connectivity index (χ3v) is 5.24. The summed E-state index contributed by atoms with van der Waals surface area (Å²) in [7, 11) is 0. The van der Waals surface area contributed by atoms with Gasteiger partial charge in [-0.3, -0.25) is 9.59 Å². The quantitative estimate of drug-likeness (QED) is 0.600. The zero-order chi connectivity index (χ0) is 21.3. The Morgan fingerprint density at radius 3 is 2.23 bits per heavy atom. The Morgan fingerprint density at radius 1 is 0.933 bits per heavy atom. The fourth-order valence-electron chi connectivity index (χ4n) is 3.66. The van der Waals surface area contributed by atoms with Crippen molar-refractivity contribution in [1.29, 1.82) is 0 Å². The normalized spacial score (nSPS) is 13.7. The monoisotopic (exact) mass is 403 g/mol. The Hall–Kier alpha value is -3.67. The van der Waals surface area contributed by atoms with E-state index >= 15 is 0 Å². The average molecular weight is 403 g/mol. The van der Waals surface area contributed by atoms with E-state index in [0.717, 1.165) is 11.1 Å². The SMILES string of the molecule is Cc1cc(-c2ccc(OCC(=O)ON3C(=O)CCC3=O)cc2)c(C)c2ccccc12.